The second-order valence-electron chi connectivity index (χ2n) is 5.77. The van der Waals surface area contributed by atoms with Crippen molar-refractivity contribution in [1.29, 1.82) is 0 Å². The number of rotatable bonds is 10. The number of hydrogen-bond acceptors (Lipinski definition) is 3. The number of amides is 1. The molecule has 0 rings (SSSR count). The lowest BCUT2D eigenvalue weighted by molar-refractivity contribution is -0.890. The smallest absolute Gasteiger partial charge is 0.264 e. The molecule has 0 saturated carbocycles. The van der Waals surface area contributed by atoms with Crippen LogP contribution in [0.4, 0.5) is 0 Å². The summed E-state index contributed by atoms with van der Waals surface area (Å²) in [6.45, 7) is 7.58. The van der Waals surface area contributed by atoms with E-state index in [0.717, 1.165) is 30.4 Å². The molecular weight excluding hydrogens is 280 g/mol. The Balaban J connectivity index is 3.79. The molecule has 7 heteroatoms. The molecule has 118 valence electrons. The Kier molecular flexibility index (Phi) is 8.00. The van der Waals surface area contributed by atoms with Crippen LogP contribution in [-0.2, 0) is 14.9 Å². The molecule has 0 saturated heterocycles. The Hall–Kier alpha value is -0.920. The molecule has 2 N–H and O–H groups in total. The molecule has 20 heavy (non-hydrogen) atoms. The van der Waals surface area contributed by atoms with E-state index in [0.29, 0.717) is 18.5 Å². The summed E-state index contributed by atoms with van der Waals surface area (Å²) >= 11 is 0. The summed E-state index contributed by atoms with van der Waals surface area (Å²) in [4.78, 5) is 11.3. The van der Waals surface area contributed by atoms with Gasteiger partial charge in [-0.3, -0.25) is 9.35 Å². The van der Waals surface area contributed by atoms with Crippen LogP contribution in [0.15, 0.2) is 12.2 Å². The van der Waals surface area contributed by atoms with Crippen LogP contribution in [0.5, 0.6) is 0 Å². The predicted molar refractivity (Wildman–Crippen MR) is 79.9 cm³/mol. The zero-order valence-corrected chi connectivity index (χ0v) is 13.5. The van der Waals surface area contributed by atoms with Crippen molar-refractivity contribution >= 4 is 16.0 Å². The van der Waals surface area contributed by atoms with Gasteiger partial charge in [-0.05, 0) is 19.8 Å². The van der Waals surface area contributed by atoms with E-state index in [1.807, 2.05) is 0 Å². The van der Waals surface area contributed by atoms with E-state index in [1.165, 1.54) is 0 Å². The molecule has 0 aromatic carbocycles. The number of carbonyl (C=O) groups excluding carboxylic acids is 1. The zero-order valence-electron chi connectivity index (χ0n) is 12.7. The van der Waals surface area contributed by atoms with Crippen LogP contribution in [0, 0.1) is 0 Å². The number of quaternary nitrogens is 1. The molecule has 0 fully saturated rings. The molecule has 6 nitrogen and oxygen atoms in total. The monoisotopic (exact) mass is 307 g/mol. The largest absolute Gasteiger partial charge is 0.352 e. The van der Waals surface area contributed by atoms with E-state index in [-0.39, 0.29) is 11.7 Å². The average Bonchev–Trinajstić information content (AvgIpc) is 2.29. The molecule has 0 bridgehead atoms. The van der Waals surface area contributed by atoms with E-state index in [4.69, 9.17) is 4.55 Å². The van der Waals surface area contributed by atoms with Crippen molar-refractivity contribution in [2.75, 3.05) is 39.5 Å². The topological polar surface area (TPSA) is 83.5 Å². The fourth-order valence-corrected chi connectivity index (χ4v) is 2.36. The first-order valence-electron chi connectivity index (χ1n) is 6.74. The summed E-state index contributed by atoms with van der Waals surface area (Å²) in [6, 6.07) is 0. The number of carbonyl (C=O) groups is 1. The van der Waals surface area contributed by atoms with E-state index < -0.39 is 10.1 Å². The summed E-state index contributed by atoms with van der Waals surface area (Å²) in [7, 11) is 0.284. The normalized spacial score (nSPS) is 12.2. The van der Waals surface area contributed by atoms with Crippen molar-refractivity contribution in [3.63, 3.8) is 0 Å². The van der Waals surface area contributed by atoms with Crippen LogP contribution in [-0.4, -0.2) is 62.8 Å². The van der Waals surface area contributed by atoms with Gasteiger partial charge < -0.3 is 9.80 Å². The summed E-state index contributed by atoms with van der Waals surface area (Å²) < 4.78 is 30.6. The molecule has 0 atom stereocenters. The standard InChI is InChI=1S/C13H26N2O4S/c1-12(2)13(16)14-8-7-10-15(3,4)9-5-6-11-20(17,18)19/h1,5-11H2,2-4H3,(H-,14,16,17,18,19)/p+1. The first-order chi connectivity index (χ1) is 9.03. The Morgan fingerprint density at radius 2 is 1.75 bits per heavy atom. The molecule has 0 aromatic rings. The molecule has 0 spiro atoms. The van der Waals surface area contributed by atoms with Gasteiger partial charge in [0.25, 0.3) is 10.1 Å². The van der Waals surface area contributed by atoms with Gasteiger partial charge in [0, 0.05) is 18.5 Å². The lowest BCUT2D eigenvalue weighted by Crippen LogP contribution is -2.42. The first-order valence-corrected chi connectivity index (χ1v) is 8.35. The van der Waals surface area contributed by atoms with Crippen molar-refractivity contribution in [2.45, 2.75) is 26.2 Å². The lowest BCUT2D eigenvalue weighted by Gasteiger charge is -2.29. The van der Waals surface area contributed by atoms with Crippen molar-refractivity contribution < 1.29 is 22.2 Å². The van der Waals surface area contributed by atoms with E-state index in [9.17, 15) is 13.2 Å². The lowest BCUT2D eigenvalue weighted by atomic mass is 10.2. The van der Waals surface area contributed by atoms with Gasteiger partial charge in [0.05, 0.1) is 32.9 Å². The maximum atomic E-state index is 11.3. The number of nitrogens with one attached hydrogen (secondary N) is 1. The quantitative estimate of drug-likeness (QED) is 0.271. The molecule has 0 aromatic heterocycles. The highest BCUT2D eigenvalue weighted by Gasteiger charge is 2.15. The molecule has 0 unspecified atom stereocenters. The molecule has 0 aliphatic carbocycles. The fourth-order valence-electron chi connectivity index (χ4n) is 1.80. The van der Waals surface area contributed by atoms with Crippen molar-refractivity contribution in [3.05, 3.63) is 12.2 Å². The van der Waals surface area contributed by atoms with Gasteiger partial charge in [-0.15, -0.1) is 0 Å². The second-order valence-corrected chi connectivity index (χ2v) is 7.34. The minimum absolute atomic E-state index is 0.122. The third-order valence-electron chi connectivity index (χ3n) is 3.03. The van der Waals surface area contributed by atoms with Gasteiger partial charge in [-0.25, -0.2) is 0 Å². The van der Waals surface area contributed by atoms with Crippen LogP contribution >= 0.6 is 0 Å². The van der Waals surface area contributed by atoms with Crippen LogP contribution in [0.3, 0.4) is 0 Å². The minimum Gasteiger partial charge on any atom is -0.352 e. The molecule has 1 amide bonds. The minimum atomic E-state index is -3.84. The Bertz CT molecular complexity index is 430. The van der Waals surface area contributed by atoms with E-state index in [1.54, 1.807) is 6.92 Å². The summed E-state index contributed by atoms with van der Waals surface area (Å²) in [5.74, 6) is -0.301. The first kappa shape index (κ1) is 19.1. The van der Waals surface area contributed by atoms with Gasteiger partial charge in [0.15, 0.2) is 0 Å². The molecule has 0 radical (unpaired) electrons. The molecule has 0 aliphatic rings. The third kappa shape index (κ3) is 11.0. The fraction of sp³-hybridized carbons (Fsp3) is 0.769. The Labute approximate surface area is 122 Å². The highest BCUT2D eigenvalue weighted by Crippen LogP contribution is 2.04. The second kappa shape index (κ2) is 8.39. The Morgan fingerprint density at radius 1 is 1.20 bits per heavy atom. The number of unbranched alkanes of at least 4 members (excludes halogenated alkanes) is 1. The van der Waals surface area contributed by atoms with Gasteiger partial charge in [-0.2, -0.15) is 8.42 Å². The van der Waals surface area contributed by atoms with Crippen LogP contribution in [0.2, 0.25) is 0 Å². The average molecular weight is 307 g/mol. The van der Waals surface area contributed by atoms with Gasteiger partial charge in [0.2, 0.25) is 5.91 Å². The third-order valence-corrected chi connectivity index (χ3v) is 3.83. The van der Waals surface area contributed by atoms with Crippen molar-refractivity contribution in [2.24, 2.45) is 0 Å². The summed E-state index contributed by atoms with van der Waals surface area (Å²) in [5.41, 5.74) is 0.504. The van der Waals surface area contributed by atoms with Gasteiger partial charge >= 0.3 is 0 Å². The Morgan fingerprint density at radius 3 is 2.25 bits per heavy atom. The predicted octanol–water partition coefficient (Wildman–Crippen LogP) is 0.813. The SMILES string of the molecule is C=C(C)C(=O)NCCC[N+](C)(C)CCCCS(=O)(=O)O. The maximum Gasteiger partial charge on any atom is 0.264 e. The highest BCUT2D eigenvalue weighted by molar-refractivity contribution is 7.85. The number of hydrogen-bond donors (Lipinski definition) is 2. The van der Waals surface area contributed by atoms with Crippen LogP contribution in [0.25, 0.3) is 0 Å². The molecule has 0 heterocycles. The highest BCUT2D eigenvalue weighted by atomic mass is 32.2. The maximum absolute atomic E-state index is 11.3. The van der Waals surface area contributed by atoms with E-state index in [2.05, 4.69) is 26.0 Å². The van der Waals surface area contributed by atoms with Crippen LogP contribution < -0.4 is 5.32 Å². The summed E-state index contributed by atoms with van der Waals surface area (Å²) in [5, 5.41) is 2.78. The van der Waals surface area contributed by atoms with Crippen molar-refractivity contribution in [1.82, 2.24) is 5.32 Å². The number of nitrogens with zero attached hydrogens (tertiary/aromatic N) is 1. The van der Waals surface area contributed by atoms with E-state index >= 15 is 0 Å². The molecular formula is C13H27N2O4S+. The molecule has 0 aliphatic heterocycles. The van der Waals surface area contributed by atoms with Crippen molar-refractivity contribution in [3.8, 4) is 0 Å². The zero-order chi connectivity index (χ0) is 15.8. The van der Waals surface area contributed by atoms with Gasteiger partial charge in [-0.1, -0.05) is 6.58 Å². The van der Waals surface area contributed by atoms with Gasteiger partial charge in [0.1, 0.15) is 0 Å². The van der Waals surface area contributed by atoms with Crippen LogP contribution in [0.1, 0.15) is 26.2 Å². The summed E-state index contributed by atoms with van der Waals surface area (Å²) in [6.07, 6.45) is 2.06.